The highest BCUT2D eigenvalue weighted by atomic mass is 35.5. The van der Waals surface area contributed by atoms with Gasteiger partial charge in [-0.05, 0) is 47.9 Å². The topological polar surface area (TPSA) is 132 Å². The molecule has 0 bridgehead atoms. The number of methoxy groups -OCH3 is 1. The maximum Gasteiger partial charge on any atom is 0.263 e. The summed E-state index contributed by atoms with van der Waals surface area (Å²) in [5.41, 5.74) is 1.27. The van der Waals surface area contributed by atoms with E-state index in [9.17, 15) is 22.4 Å². The number of carbonyl (C=O) groups excluding carboxylic acids is 1. The number of carbonyl (C=O) groups is 1. The summed E-state index contributed by atoms with van der Waals surface area (Å²) in [6.07, 6.45) is 2.94. The van der Waals surface area contributed by atoms with Crippen LogP contribution in [0.1, 0.15) is 13.8 Å². The Balaban J connectivity index is 1.71. The molecule has 4 aromatic rings. The number of benzene rings is 2. The van der Waals surface area contributed by atoms with Gasteiger partial charge in [0.15, 0.2) is 0 Å². The minimum absolute atomic E-state index is 0.00501. The Bertz CT molecular complexity index is 1760. The molecule has 0 saturated heterocycles. The van der Waals surface area contributed by atoms with Crippen LogP contribution >= 0.6 is 11.6 Å². The maximum absolute atomic E-state index is 13.5. The minimum Gasteiger partial charge on any atom is -0.480 e. The quantitative estimate of drug-likeness (QED) is 0.301. The molecule has 0 aliphatic carbocycles. The smallest absolute Gasteiger partial charge is 0.263 e. The van der Waals surface area contributed by atoms with Gasteiger partial charge >= 0.3 is 0 Å². The number of sulfonamides is 1. The van der Waals surface area contributed by atoms with E-state index in [1.807, 2.05) is 6.92 Å². The molecule has 0 saturated carbocycles. The van der Waals surface area contributed by atoms with Crippen LogP contribution in [0.4, 0.5) is 10.1 Å². The van der Waals surface area contributed by atoms with Gasteiger partial charge in [-0.15, -0.1) is 0 Å². The maximum atomic E-state index is 13.5. The second-order valence-corrected chi connectivity index (χ2v) is 11.3. The van der Waals surface area contributed by atoms with Gasteiger partial charge in [-0.25, -0.2) is 22.8 Å². The molecule has 210 valence electrons. The molecule has 10 nitrogen and oxygen atoms in total. The monoisotopic (exact) mass is 587 g/mol. The Hall–Kier alpha value is -4.03. The summed E-state index contributed by atoms with van der Waals surface area (Å²) in [6, 6.07) is 9.51. The van der Waals surface area contributed by atoms with Crippen LogP contribution in [0.5, 0.6) is 5.88 Å². The van der Waals surface area contributed by atoms with Crippen LogP contribution in [0.15, 0.2) is 64.7 Å². The van der Waals surface area contributed by atoms with Crippen LogP contribution in [0, 0.1) is 17.7 Å². The van der Waals surface area contributed by atoms with Crippen LogP contribution in [-0.2, 0) is 21.4 Å². The Morgan fingerprint density at radius 3 is 2.55 bits per heavy atom. The molecule has 0 radical (unpaired) electrons. The molecule has 4 rings (SSSR count). The van der Waals surface area contributed by atoms with E-state index < -0.39 is 15.8 Å². The lowest BCUT2D eigenvalue weighted by molar-refractivity contribution is -0.125. The largest absolute Gasteiger partial charge is 0.480 e. The molecule has 0 unspecified atom stereocenters. The first-order chi connectivity index (χ1) is 18.9. The lowest BCUT2D eigenvalue weighted by atomic mass is 9.95. The molecule has 0 fully saturated rings. The van der Waals surface area contributed by atoms with Crippen LogP contribution < -0.4 is 20.3 Å². The first-order valence-electron chi connectivity index (χ1n) is 12.2. The summed E-state index contributed by atoms with van der Waals surface area (Å²) in [6.45, 7) is 3.98. The number of rotatable bonds is 9. The predicted octanol–water partition coefficient (Wildman–Crippen LogP) is 4.08. The third-order valence-corrected chi connectivity index (χ3v) is 8.48. The van der Waals surface area contributed by atoms with Crippen molar-refractivity contribution >= 4 is 44.1 Å². The van der Waals surface area contributed by atoms with Crippen LogP contribution in [0.25, 0.3) is 22.0 Å². The van der Waals surface area contributed by atoms with E-state index in [0.29, 0.717) is 28.6 Å². The summed E-state index contributed by atoms with van der Waals surface area (Å²) in [4.78, 5) is 33.6. The number of nitrogens with zero attached hydrogens (tertiary/aromatic N) is 3. The molecule has 2 atom stereocenters. The average molecular weight is 588 g/mol. The third-order valence-electron chi connectivity index (χ3n) is 6.63. The highest BCUT2D eigenvalue weighted by molar-refractivity contribution is 7.92. The van der Waals surface area contributed by atoms with E-state index in [-0.39, 0.29) is 44.8 Å². The highest BCUT2D eigenvalue weighted by Crippen LogP contribution is 2.32. The SMILES string of the molecule is CNC(=O)[C@H](C)[C@@H](C)Cn1cnc2ccc(-c3cnc(OC)c(NS(=O)(=O)c4ccc(F)cc4Cl)c3)cc2c1=O. The van der Waals surface area contributed by atoms with Gasteiger partial charge in [0, 0.05) is 31.3 Å². The molecule has 0 aliphatic rings. The van der Waals surface area contributed by atoms with Crippen LogP contribution in [-0.4, -0.2) is 43.0 Å². The van der Waals surface area contributed by atoms with Crippen molar-refractivity contribution in [1.82, 2.24) is 19.9 Å². The van der Waals surface area contributed by atoms with Gasteiger partial charge in [0.25, 0.3) is 15.6 Å². The molecule has 2 aromatic carbocycles. The molecule has 0 spiro atoms. The zero-order valence-corrected chi connectivity index (χ0v) is 23.7. The summed E-state index contributed by atoms with van der Waals surface area (Å²) in [7, 11) is -1.32. The van der Waals surface area contributed by atoms with Crippen molar-refractivity contribution in [2.24, 2.45) is 11.8 Å². The van der Waals surface area contributed by atoms with Crippen LogP contribution in [0.2, 0.25) is 5.02 Å². The van der Waals surface area contributed by atoms with E-state index in [4.69, 9.17) is 16.3 Å². The van der Waals surface area contributed by atoms with Crippen LogP contribution in [0.3, 0.4) is 0 Å². The number of ether oxygens (including phenoxy) is 1. The van der Waals surface area contributed by atoms with Gasteiger partial charge in [-0.2, -0.15) is 0 Å². The van der Waals surface area contributed by atoms with Gasteiger partial charge in [0.05, 0.1) is 29.4 Å². The molecule has 1 amide bonds. The normalized spacial score (nSPS) is 13.1. The highest BCUT2D eigenvalue weighted by Gasteiger charge is 2.22. The standard InChI is InChI=1S/C27H27ClFN5O5S/c1-15(16(2)25(35)30-3)13-34-14-32-22-7-5-17(9-20(22)27(34)36)18-10-23(26(39-4)31-12-18)33-40(37,38)24-8-6-19(29)11-21(24)28/h5-12,14-16,33H,13H2,1-4H3,(H,30,35)/t15-,16+/m0/s1. The van der Waals surface area contributed by atoms with Gasteiger partial charge in [-0.1, -0.05) is 31.5 Å². The van der Waals surface area contributed by atoms with E-state index in [0.717, 1.165) is 18.2 Å². The first kappa shape index (κ1) is 29.0. The van der Waals surface area contributed by atoms with Gasteiger partial charge < -0.3 is 10.1 Å². The number of fused-ring (bicyclic) bond motifs is 1. The third kappa shape index (κ3) is 5.92. The average Bonchev–Trinajstić information content (AvgIpc) is 2.93. The summed E-state index contributed by atoms with van der Waals surface area (Å²) < 4.78 is 48.6. The molecule has 0 aliphatic heterocycles. The summed E-state index contributed by atoms with van der Waals surface area (Å²) in [5.74, 6) is -1.23. The fraction of sp³-hybridized carbons (Fsp3) is 0.259. The Morgan fingerprint density at radius 2 is 1.88 bits per heavy atom. The summed E-state index contributed by atoms with van der Waals surface area (Å²) >= 11 is 5.97. The van der Waals surface area contributed by atoms with E-state index in [2.05, 4.69) is 20.0 Å². The number of amides is 1. The number of aromatic nitrogens is 3. The summed E-state index contributed by atoms with van der Waals surface area (Å²) in [5, 5.41) is 2.68. The van der Waals surface area contributed by atoms with Crippen molar-refractivity contribution < 1.29 is 22.3 Å². The van der Waals surface area contributed by atoms with Crippen molar-refractivity contribution in [3.8, 4) is 17.0 Å². The van der Waals surface area contributed by atoms with E-state index in [1.54, 1.807) is 32.2 Å². The molecule has 13 heteroatoms. The molecule has 2 heterocycles. The number of halogens is 2. The number of anilines is 1. The molecular weight excluding hydrogens is 561 g/mol. The van der Waals surface area contributed by atoms with Crippen molar-refractivity contribution in [1.29, 1.82) is 0 Å². The molecule has 2 aromatic heterocycles. The van der Waals surface area contributed by atoms with E-state index in [1.165, 1.54) is 30.3 Å². The number of hydrogen-bond acceptors (Lipinski definition) is 7. The molecule has 2 N–H and O–H groups in total. The second kappa shape index (κ2) is 11.6. The Morgan fingerprint density at radius 1 is 1.12 bits per heavy atom. The van der Waals surface area contributed by atoms with Gasteiger partial charge in [-0.3, -0.25) is 18.9 Å². The van der Waals surface area contributed by atoms with E-state index >= 15 is 0 Å². The van der Waals surface area contributed by atoms with Gasteiger partial charge in [0.2, 0.25) is 11.8 Å². The van der Waals surface area contributed by atoms with Crippen molar-refractivity contribution in [2.45, 2.75) is 25.3 Å². The van der Waals surface area contributed by atoms with Crippen molar-refractivity contribution in [3.63, 3.8) is 0 Å². The predicted molar refractivity (Wildman–Crippen MR) is 150 cm³/mol. The molecular formula is C27H27ClFN5O5S. The Labute approximate surface area is 235 Å². The number of hydrogen-bond donors (Lipinski definition) is 2. The zero-order chi connectivity index (χ0) is 29.2. The fourth-order valence-electron chi connectivity index (χ4n) is 4.16. The van der Waals surface area contributed by atoms with Gasteiger partial charge in [0.1, 0.15) is 16.4 Å². The number of pyridine rings is 1. The lowest BCUT2D eigenvalue weighted by Crippen LogP contribution is -2.33. The first-order valence-corrected chi connectivity index (χ1v) is 14.0. The Kier molecular flexibility index (Phi) is 8.40. The van der Waals surface area contributed by atoms with Crippen molar-refractivity contribution in [3.05, 3.63) is 76.2 Å². The van der Waals surface area contributed by atoms with Crippen molar-refractivity contribution in [2.75, 3.05) is 18.9 Å². The minimum atomic E-state index is -4.23. The second-order valence-electron chi connectivity index (χ2n) is 9.28. The lowest BCUT2D eigenvalue weighted by Gasteiger charge is -2.19. The molecule has 40 heavy (non-hydrogen) atoms. The zero-order valence-electron chi connectivity index (χ0n) is 22.1. The fourth-order valence-corrected chi connectivity index (χ4v) is 5.74. The number of nitrogens with one attached hydrogen (secondary N) is 2.